The Morgan fingerprint density at radius 1 is 1.21 bits per heavy atom. The van der Waals surface area contributed by atoms with Crippen LogP contribution in [0, 0.1) is 20.8 Å². The monoisotopic (exact) mass is 360 g/mol. The highest BCUT2D eigenvalue weighted by molar-refractivity contribution is 7.99. The van der Waals surface area contributed by atoms with Crippen LogP contribution in [0.4, 0.5) is 5.13 Å². The molecule has 0 aliphatic heterocycles. The molecule has 0 radical (unpaired) electrons. The van der Waals surface area contributed by atoms with Crippen molar-refractivity contribution in [3.63, 3.8) is 0 Å². The lowest BCUT2D eigenvalue weighted by molar-refractivity contribution is -0.113. The van der Waals surface area contributed by atoms with Crippen molar-refractivity contribution in [3.8, 4) is 11.5 Å². The molecule has 1 N–H and O–H groups in total. The molecule has 0 bridgehead atoms. The van der Waals surface area contributed by atoms with Gasteiger partial charge >= 0.3 is 0 Å². The SMILES string of the molecule is Cc1ccc(-c2nnc(SCC(=O)Nc3nc(C)c(C)s3)o2)cc1. The third kappa shape index (κ3) is 4.01. The van der Waals surface area contributed by atoms with Gasteiger partial charge in [-0.2, -0.15) is 0 Å². The zero-order chi connectivity index (χ0) is 17.1. The maximum absolute atomic E-state index is 12.0. The van der Waals surface area contributed by atoms with Crippen LogP contribution >= 0.6 is 23.1 Å². The number of rotatable bonds is 5. The van der Waals surface area contributed by atoms with Crippen molar-refractivity contribution >= 4 is 34.1 Å². The molecule has 0 saturated heterocycles. The Kier molecular flexibility index (Phi) is 4.96. The predicted molar refractivity (Wildman–Crippen MR) is 95.4 cm³/mol. The van der Waals surface area contributed by atoms with Crippen LogP contribution in [0.1, 0.15) is 16.1 Å². The second-order valence-electron chi connectivity index (χ2n) is 5.24. The summed E-state index contributed by atoms with van der Waals surface area (Å²) in [6, 6.07) is 7.82. The molecule has 0 unspecified atom stereocenters. The number of thiazole rings is 1. The van der Waals surface area contributed by atoms with Crippen molar-refractivity contribution in [3.05, 3.63) is 40.4 Å². The Hall–Kier alpha value is -2.19. The molecule has 6 nitrogen and oxygen atoms in total. The molecule has 1 amide bonds. The van der Waals surface area contributed by atoms with Gasteiger partial charge in [0.2, 0.25) is 11.8 Å². The van der Waals surface area contributed by atoms with Gasteiger partial charge in [-0.05, 0) is 32.9 Å². The molecule has 1 aromatic carbocycles. The molecule has 0 spiro atoms. The summed E-state index contributed by atoms with van der Waals surface area (Å²) in [5, 5.41) is 11.7. The lowest BCUT2D eigenvalue weighted by Crippen LogP contribution is -2.13. The quantitative estimate of drug-likeness (QED) is 0.696. The van der Waals surface area contributed by atoms with Crippen molar-refractivity contribution in [1.29, 1.82) is 0 Å². The van der Waals surface area contributed by atoms with Crippen LogP contribution in [-0.4, -0.2) is 26.8 Å². The van der Waals surface area contributed by atoms with Crippen molar-refractivity contribution < 1.29 is 9.21 Å². The van der Waals surface area contributed by atoms with E-state index in [1.165, 1.54) is 23.1 Å². The second-order valence-corrected chi connectivity index (χ2v) is 7.37. The summed E-state index contributed by atoms with van der Waals surface area (Å²) in [4.78, 5) is 17.3. The first kappa shape index (κ1) is 16.7. The van der Waals surface area contributed by atoms with Crippen LogP contribution in [0.2, 0.25) is 0 Å². The second kappa shape index (κ2) is 7.14. The Balaban J connectivity index is 1.57. The summed E-state index contributed by atoms with van der Waals surface area (Å²) in [7, 11) is 0. The number of benzene rings is 1. The van der Waals surface area contributed by atoms with E-state index in [1.807, 2.05) is 45.0 Å². The van der Waals surface area contributed by atoms with E-state index in [2.05, 4.69) is 20.5 Å². The van der Waals surface area contributed by atoms with Gasteiger partial charge in [-0.25, -0.2) is 4.98 Å². The molecule has 2 aromatic heterocycles. The number of nitrogens with one attached hydrogen (secondary N) is 1. The fourth-order valence-corrected chi connectivity index (χ4v) is 3.28. The highest BCUT2D eigenvalue weighted by atomic mass is 32.2. The Labute approximate surface area is 147 Å². The molecule has 124 valence electrons. The van der Waals surface area contributed by atoms with Crippen LogP contribution in [0.3, 0.4) is 0 Å². The number of aromatic nitrogens is 3. The number of thioether (sulfide) groups is 1. The van der Waals surface area contributed by atoms with Crippen molar-refractivity contribution in [1.82, 2.24) is 15.2 Å². The average molecular weight is 360 g/mol. The Morgan fingerprint density at radius 2 is 1.96 bits per heavy atom. The third-order valence-corrected chi connectivity index (χ3v) is 5.11. The molecule has 0 fully saturated rings. The minimum atomic E-state index is -0.149. The predicted octanol–water partition coefficient (Wildman–Crippen LogP) is 3.85. The van der Waals surface area contributed by atoms with Crippen molar-refractivity contribution in [2.75, 3.05) is 11.1 Å². The maximum atomic E-state index is 12.0. The van der Waals surface area contributed by atoms with Crippen LogP contribution in [-0.2, 0) is 4.79 Å². The van der Waals surface area contributed by atoms with Crippen LogP contribution in [0.15, 0.2) is 33.9 Å². The summed E-state index contributed by atoms with van der Waals surface area (Å²) in [5.74, 6) is 0.487. The first-order valence-electron chi connectivity index (χ1n) is 7.28. The van der Waals surface area contributed by atoms with E-state index in [0.717, 1.165) is 21.7 Å². The number of hydrogen-bond acceptors (Lipinski definition) is 7. The number of carbonyl (C=O) groups is 1. The van der Waals surface area contributed by atoms with Gasteiger partial charge in [0.1, 0.15) is 0 Å². The molecule has 0 saturated carbocycles. The summed E-state index contributed by atoms with van der Waals surface area (Å²) < 4.78 is 5.58. The van der Waals surface area contributed by atoms with Gasteiger partial charge in [0.25, 0.3) is 5.22 Å². The van der Waals surface area contributed by atoms with E-state index in [1.54, 1.807) is 0 Å². The standard InChI is InChI=1S/C16H16N4O2S2/c1-9-4-6-12(7-5-9)14-19-20-16(22-14)23-8-13(21)18-15-17-10(2)11(3)24-15/h4-7H,8H2,1-3H3,(H,17,18,21). The normalized spacial score (nSPS) is 10.8. The molecule has 2 heterocycles. The molecule has 3 rings (SSSR count). The van der Waals surface area contributed by atoms with Crippen LogP contribution in [0.25, 0.3) is 11.5 Å². The van der Waals surface area contributed by atoms with Gasteiger partial charge in [0, 0.05) is 10.4 Å². The largest absolute Gasteiger partial charge is 0.411 e. The topological polar surface area (TPSA) is 80.9 Å². The molecule has 0 aliphatic carbocycles. The van der Waals surface area contributed by atoms with Gasteiger partial charge in [0.05, 0.1) is 11.4 Å². The number of nitrogens with zero attached hydrogens (tertiary/aromatic N) is 3. The highest BCUT2D eigenvalue weighted by Gasteiger charge is 2.12. The summed E-state index contributed by atoms with van der Waals surface area (Å²) in [6.07, 6.45) is 0. The van der Waals surface area contributed by atoms with E-state index in [-0.39, 0.29) is 11.7 Å². The number of anilines is 1. The lowest BCUT2D eigenvalue weighted by atomic mass is 10.1. The number of aryl methyl sites for hydroxylation is 3. The number of hydrogen-bond donors (Lipinski definition) is 1. The van der Waals surface area contributed by atoms with Gasteiger partial charge in [0.15, 0.2) is 5.13 Å². The number of carbonyl (C=O) groups excluding carboxylic acids is 1. The fraction of sp³-hybridized carbons (Fsp3) is 0.250. The molecule has 24 heavy (non-hydrogen) atoms. The maximum Gasteiger partial charge on any atom is 0.277 e. The molecule has 8 heteroatoms. The highest BCUT2D eigenvalue weighted by Crippen LogP contribution is 2.24. The molecular weight excluding hydrogens is 344 g/mol. The van der Waals surface area contributed by atoms with Crippen LogP contribution < -0.4 is 5.32 Å². The molecule has 0 aliphatic rings. The van der Waals surface area contributed by atoms with Crippen molar-refractivity contribution in [2.24, 2.45) is 0 Å². The fourth-order valence-electron chi connectivity index (χ4n) is 1.89. The van der Waals surface area contributed by atoms with E-state index < -0.39 is 0 Å². The summed E-state index contributed by atoms with van der Waals surface area (Å²) in [6.45, 7) is 5.91. The summed E-state index contributed by atoms with van der Waals surface area (Å²) >= 11 is 2.67. The van der Waals surface area contributed by atoms with Crippen molar-refractivity contribution in [2.45, 2.75) is 26.0 Å². The average Bonchev–Trinajstić information content (AvgIpc) is 3.13. The van der Waals surface area contributed by atoms with E-state index in [4.69, 9.17) is 4.42 Å². The molecular formula is C16H16N4O2S2. The van der Waals surface area contributed by atoms with Crippen LogP contribution in [0.5, 0.6) is 0 Å². The van der Waals surface area contributed by atoms with Gasteiger partial charge in [-0.3, -0.25) is 4.79 Å². The van der Waals surface area contributed by atoms with Gasteiger partial charge in [-0.15, -0.1) is 21.5 Å². The third-order valence-electron chi connectivity index (χ3n) is 3.31. The Morgan fingerprint density at radius 3 is 2.62 bits per heavy atom. The number of amides is 1. The lowest BCUT2D eigenvalue weighted by Gasteiger charge is -1.99. The van der Waals surface area contributed by atoms with E-state index in [0.29, 0.717) is 16.2 Å². The minimum Gasteiger partial charge on any atom is -0.411 e. The smallest absolute Gasteiger partial charge is 0.277 e. The van der Waals surface area contributed by atoms with E-state index >= 15 is 0 Å². The zero-order valence-corrected chi connectivity index (χ0v) is 15.1. The van der Waals surface area contributed by atoms with Gasteiger partial charge < -0.3 is 9.73 Å². The zero-order valence-electron chi connectivity index (χ0n) is 13.5. The van der Waals surface area contributed by atoms with Gasteiger partial charge in [-0.1, -0.05) is 29.5 Å². The molecule has 0 atom stereocenters. The first-order chi connectivity index (χ1) is 11.5. The molecule has 3 aromatic rings. The Bertz CT molecular complexity index is 836. The minimum absolute atomic E-state index is 0.149. The van der Waals surface area contributed by atoms with E-state index in [9.17, 15) is 4.79 Å². The summed E-state index contributed by atoms with van der Waals surface area (Å²) in [5.41, 5.74) is 2.96. The first-order valence-corrected chi connectivity index (χ1v) is 9.08.